The third-order valence-corrected chi connectivity index (χ3v) is 2.54. The average Bonchev–Trinajstić information content (AvgIpc) is 2.56. The Kier molecular flexibility index (Phi) is 2.30. The first-order chi connectivity index (χ1) is 6.68. The van der Waals surface area contributed by atoms with E-state index in [9.17, 15) is 0 Å². The molecule has 0 amide bonds. The molecule has 14 heavy (non-hydrogen) atoms. The van der Waals surface area contributed by atoms with Crippen LogP contribution >= 0.6 is 11.6 Å². The van der Waals surface area contributed by atoms with Gasteiger partial charge in [-0.1, -0.05) is 23.2 Å². The number of aryl methyl sites for hydroxylation is 2. The molecular weight excluding hydrogens is 196 g/mol. The van der Waals surface area contributed by atoms with Gasteiger partial charge in [0, 0.05) is 11.8 Å². The Labute approximate surface area is 87.9 Å². The smallest absolute Gasteiger partial charge is 0.0964 e. The molecule has 0 unspecified atom stereocenters. The molecule has 2 nitrogen and oxygen atoms in total. The molecule has 0 radical (unpaired) electrons. The Hall–Kier alpha value is -1.28. The number of rotatable bonds is 1. The summed E-state index contributed by atoms with van der Waals surface area (Å²) >= 11 is 6.11. The summed E-state index contributed by atoms with van der Waals surface area (Å²) in [6.45, 7) is 4.05. The van der Waals surface area contributed by atoms with Crippen molar-refractivity contribution in [3.63, 3.8) is 0 Å². The van der Waals surface area contributed by atoms with Crippen LogP contribution in [0.1, 0.15) is 11.1 Å². The number of nitrogens with one attached hydrogen (secondary N) is 1. The number of aromatic nitrogens is 2. The van der Waals surface area contributed by atoms with Gasteiger partial charge in [0.05, 0.1) is 10.7 Å². The zero-order valence-electron chi connectivity index (χ0n) is 8.13. The van der Waals surface area contributed by atoms with E-state index in [2.05, 4.69) is 10.2 Å². The van der Waals surface area contributed by atoms with Crippen molar-refractivity contribution < 1.29 is 0 Å². The number of halogens is 1. The summed E-state index contributed by atoms with van der Waals surface area (Å²) in [6.07, 6.45) is 1.87. The van der Waals surface area contributed by atoms with Crippen LogP contribution < -0.4 is 0 Å². The third kappa shape index (κ3) is 1.53. The van der Waals surface area contributed by atoms with E-state index in [4.69, 9.17) is 11.6 Å². The lowest BCUT2D eigenvalue weighted by molar-refractivity contribution is 1.09. The number of hydrogen-bond acceptors (Lipinski definition) is 1. The quantitative estimate of drug-likeness (QED) is 0.762. The maximum absolute atomic E-state index is 6.11. The normalized spacial score (nSPS) is 10.5. The molecule has 2 aromatic rings. The van der Waals surface area contributed by atoms with Crippen LogP contribution in [0.4, 0.5) is 0 Å². The van der Waals surface area contributed by atoms with Gasteiger partial charge >= 0.3 is 0 Å². The van der Waals surface area contributed by atoms with Crippen molar-refractivity contribution in [3.8, 4) is 11.3 Å². The highest BCUT2D eigenvalue weighted by Gasteiger charge is 2.08. The molecule has 0 atom stereocenters. The van der Waals surface area contributed by atoms with Crippen molar-refractivity contribution >= 4 is 11.6 Å². The van der Waals surface area contributed by atoms with Crippen molar-refractivity contribution in [2.45, 2.75) is 13.8 Å². The predicted octanol–water partition coefficient (Wildman–Crippen LogP) is 3.35. The van der Waals surface area contributed by atoms with Crippen LogP contribution in [-0.2, 0) is 0 Å². The molecule has 72 valence electrons. The number of benzene rings is 1. The minimum Gasteiger partial charge on any atom is -0.285 e. The topological polar surface area (TPSA) is 28.7 Å². The van der Waals surface area contributed by atoms with Crippen molar-refractivity contribution in [2.75, 3.05) is 0 Å². The molecule has 3 heteroatoms. The molecule has 0 saturated carbocycles. The summed E-state index contributed by atoms with van der Waals surface area (Å²) in [7, 11) is 0. The monoisotopic (exact) mass is 206 g/mol. The Bertz CT molecular complexity index is 460. The largest absolute Gasteiger partial charge is 0.285 e. The van der Waals surface area contributed by atoms with Crippen LogP contribution in [0.5, 0.6) is 0 Å². The van der Waals surface area contributed by atoms with Crippen LogP contribution in [-0.4, -0.2) is 10.2 Å². The molecule has 0 aliphatic carbocycles. The van der Waals surface area contributed by atoms with Crippen LogP contribution in [0, 0.1) is 13.8 Å². The zero-order valence-corrected chi connectivity index (χ0v) is 8.89. The highest BCUT2D eigenvalue weighted by atomic mass is 35.5. The van der Waals surface area contributed by atoms with Gasteiger partial charge in [-0.15, -0.1) is 0 Å². The molecule has 2 rings (SSSR count). The highest BCUT2D eigenvalue weighted by molar-refractivity contribution is 6.33. The van der Waals surface area contributed by atoms with E-state index >= 15 is 0 Å². The van der Waals surface area contributed by atoms with E-state index in [1.165, 1.54) is 5.56 Å². The Morgan fingerprint density at radius 1 is 1.29 bits per heavy atom. The molecule has 1 N–H and O–H groups in total. The number of nitrogens with zero attached hydrogens (tertiary/aromatic N) is 1. The van der Waals surface area contributed by atoms with Crippen LogP contribution in [0.15, 0.2) is 24.4 Å². The van der Waals surface area contributed by atoms with Gasteiger partial charge in [0.15, 0.2) is 0 Å². The minimum atomic E-state index is 0.741. The molecule has 0 spiro atoms. The Morgan fingerprint density at radius 3 is 2.71 bits per heavy atom. The van der Waals surface area contributed by atoms with E-state index in [1.807, 2.05) is 38.2 Å². The second kappa shape index (κ2) is 3.46. The first-order valence-corrected chi connectivity index (χ1v) is 4.83. The van der Waals surface area contributed by atoms with Gasteiger partial charge in [-0.05, 0) is 31.5 Å². The van der Waals surface area contributed by atoms with Crippen molar-refractivity contribution in [2.24, 2.45) is 0 Å². The molecule has 0 bridgehead atoms. The summed E-state index contributed by atoms with van der Waals surface area (Å²) in [5.41, 5.74) is 4.22. The molecule has 0 saturated heterocycles. The highest BCUT2D eigenvalue weighted by Crippen LogP contribution is 2.29. The van der Waals surface area contributed by atoms with E-state index < -0.39 is 0 Å². The first kappa shape index (κ1) is 9.28. The van der Waals surface area contributed by atoms with Crippen molar-refractivity contribution in [3.05, 3.63) is 40.5 Å². The predicted molar refractivity (Wildman–Crippen MR) is 58.5 cm³/mol. The van der Waals surface area contributed by atoms with Crippen LogP contribution in [0.2, 0.25) is 5.02 Å². The fourth-order valence-electron chi connectivity index (χ4n) is 1.44. The fraction of sp³-hybridized carbons (Fsp3) is 0.182. The molecule has 1 aromatic carbocycles. The lowest BCUT2D eigenvalue weighted by Crippen LogP contribution is -1.84. The van der Waals surface area contributed by atoms with Crippen molar-refractivity contribution in [1.29, 1.82) is 0 Å². The molecule has 0 aliphatic rings. The van der Waals surface area contributed by atoms with Gasteiger partial charge in [0.1, 0.15) is 0 Å². The average molecular weight is 207 g/mol. The summed E-state index contributed by atoms with van der Waals surface area (Å²) in [6, 6.07) is 5.94. The second-order valence-corrected chi connectivity index (χ2v) is 3.81. The SMILES string of the molecule is Cc1ccc(Cl)c(-c2n[nH]cc2C)c1. The zero-order chi connectivity index (χ0) is 10.1. The lowest BCUT2D eigenvalue weighted by atomic mass is 10.1. The van der Waals surface area contributed by atoms with E-state index in [0.717, 1.165) is 21.8 Å². The Balaban J connectivity index is 2.62. The molecule has 1 aromatic heterocycles. The maximum atomic E-state index is 6.11. The van der Waals surface area contributed by atoms with Gasteiger partial charge in [-0.25, -0.2) is 0 Å². The van der Waals surface area contributed by atoms with E-state index in [0.29, 0.717) is 0 Å². The summed E-state index contributed by atoms with van der Waals surface area (Å²) in [4.78, 5) is 0. The van der Waals surface area contributed by atoms with Crippen molar-refractivity contribution in [1.82, 2.24) is 10.2 Å². The van der Waals surface area contributed by atoms with E-state index in [1.54, 1.807) is 0 Å². The van der Waals surface area contributed by atoms with Crippen LogP contribution in [0.25, 0.3) is 11.3 Å². The second-order valence-electron chi connectivity index (χ2n) is 3.40. The number of H-pyrrole nitrogens is 1. The summed E-state index contributed by atoms with van der Waals surface area (Å²) in [5, 5.41) is 7.75. The summed E-state index contributed by atoms with van der Waals surface area (Å²) in [5.74, 6) is 0. The fourth-order valence-corrected chi connectivity index (χ4v) is 1.65. The molecular formula is C11H11ClN2. The number of hydrogen-bond donors (Lipinski definition) is 1. The molecule has 1 heterocycles. The molecule has 0 fully saturated rings. The maximum Gasteiger partial charge on any atom is 0.0964 e. The van der Waals surface area contributed by atoms with Gasteiger partial charge in [-0.2, -0.15) is 5.10 Å². The lowest BCUT2D eigenvalue weighted by Gasteiger charge is -2.03. The van der Waals surface area contributed by atoms with E-state index in [-0.39, 0.29) is 0 Å². The third-order valence-electron chi connectivity index (χ3n) is 2.21. The molecule has 0 aliphatic heterocycles. The van der Waals surface area contributed by atoms with Gasteiger partial charge in [0.2, 0.25) is 0 Å². The van der Waals surface area contributed by atoms with Crippen LogP contribution in [0.3, 0.4) is 0 Å². The van der Waals surface area contributed by atoms with Gasteiger partial charge in [-0.3, -0.25) is 5.10 Å². The minimum absolute atomic E-state index is 0.741. The summed E-state index contributed by atoms with van der Waals surface area (Å²) < 4.78 is 0. The van der Waals surface area contributed by atoms with Gasteiger partial charge in [0.25, 0.3) is 0 Å². The number of aromatic amines is 1. The van der Waals surface area contributed by atoms with Gasteiger partial charge < -0.3 is 0 Å². The first-order valence-electron chi connectivity index (χ1n) is 4.45. The Morgan fingerprint density at radius 2 is 2.07 bits per heavy atom. The standard InChI is InChI=1S/C11H11ClN2/c1-7-3-4-10(12)9(5-7)11-8(2)6-13-14-11/h3-6H,1-2H3,(H,13,14).